The molecule has 20 heavy (non-hydrogen) atoms. The van der Waals surface area contributed by atoms with E-state index in [0.29, 0.717) is 6.04 Å². The van der Waals surface area contributed by atoms with Gasteiger partial charge in [0.15, 0.2) is 6.61 Å². The molecule has 1 aliphatic carbocycles. The Kier molecular flexibility index (Phi) is 4.73. The first-order valence-corrected chi connectivity index (χ1v) is 6.84. The number of aromatic nitrogens is 1. The maximum Gasteiger partial charge on any atom is 0.422 e. The molecule has 3 nitrogen and oxygen atoms in total. The second-order valence-corrected chi connectivity index (χ2v) is 5.39. The average Bonchev–Trinajstić information content (AvgIpc) is 2.40. The highest BCUT2D eigenvalue weighted by molar-refractivity contribution is 5.43. The summed E-state index contributed by atoms with van der Waals surface area (Å²) in [5.74, 6) is 0.773. The standard InChI is InChI=1S/C14H19F3N2O/c1-10-2-4-11(5-3-10)19-12-6-7-13(18-8-12)20-9-14(15,16)17/h6-8,10-11,19H,2-5,9H2,1H3. The van der Waals surface area contributed by atoms with Gasteiger partial charge in [0.1, 0.15) is 0 Å². The number of halogens is 3. The van der Waals surface area contributed by atoms with Crippen LogP contribution in [0.4, 0.5) is 18.9 Å². The van der Waals surface area contributed by atoms with Crippen LogP contribution in [0, 0.1) is 5.92 Å². The summed E-state index contributed by atoms with van der Waals surface area (Å²) in [7, 11) is 0. The van der Waals surface area contributed by atoms with Crippen LogP contribution < -0.4 is 10.1 Å². The second kappa shape index (κ2) is 6.33. The highest BCUT2D eigenvalue weighted by Crippen LogP contribution is 2.26. The van der Waals surface area contributed by atoms with Crippen molar-refractivity contribution in [3.63, 3.8) is 0 Å². The fraction of sp³-hybridized carbons (Fsp3) is 0.643. The molecule has 0 bridgehead atoms. The largest absolute Gasteiger partial charge is 0.468 e. The zero-order valence-electron chi connectivity index (χ0n) is 11.4. The first-order chi connectivity index (χ1) is 9.42. The molecule has 1 fully saturated rings. The first-order valence-electron chi connectivity index (χ1n) is 6.84. The SMILES string of the molecule is CC1CCC(Nc2ccc(OCC(F)(F)F)nc2)CC1. The third-order valence-corrected chi connectivity index (χ3v) is 3.51. The summed E-state index contributed by atoms with van der Waals surface area (Å²) in [4.78, 5) is 3.88. The number of ether oxygens (including phenoxy) is 1. The Morgan fingerprint density at radius 1 is 1.25 bits per heavy atom. The van der Waals surface area contributed by atoms with E-state index in [1.807, 2.05) is 0 Å². The molecular weight excluding hydrogens is 269 g/mol. The molecule has 1 saturated carbocycles. The monoisotopic (exact) mass is 288 g/mol. The van der Waals surface area contributed by atoms with Gasteiger partial charge in [0.05, 0.1) is 11.9 Å². The fourth-order valence-electron chi connectivity index (χ4n) is 2.35. The van der Waals surface area contributed by atoms with Gasteiger partial charge in [-0.15, -0.1) is 0 Å². The summed E-state index contributed by atoms with van der Waals surface area (Å²) in [6.07, 6.45) is 1.83. The summed E-state index contributed by atoms with van der Waals surface area (Å²) >= 11 is 0. The molecule has 0 atom stereocenters. The van der Waals surface area contributed by atoms with Gasteiger partial charge in [0, 0.05) is 12.1 Å². The zero-order valence-corrected chi connectivity index (χ0v) is 11.4. The topological polar surface area (TPSA) is 34.1 Å². The summed E-state index contributed by atoms with van der Waals surface area (Å²) in [5.41, 5.74) is 0.823. The number of hydrogen-bond acceptors (Lipinski definition) is 3. The lowest BCUT2D eigenvalue weighted by Crippen LogP contribution is -2.25. The molecule has 0 radical (unpaired) electrons. The Morgan fingerprint density at radius 2 is 1.95 bits per heavy atom. The number of rotatable bonds is 4. The Bertz CT molecular complexity index is 411. The molecule has 0 aliphatic heterocycles. The highest BCUT2D eigenvalue weighted by atomic mass is 19.4. The van der Waals surface area contributed by atoms with Crippen LogP contribution in [0.25, 0.3) is 0 Å². The average molecular weight is 288 g/mol. The van der Waals surface area contributed by atoms with Gasteiger partial charge in [-0.1, -0.05) is 6.92 Å². The highest BCUT2D eigenvalue weighted by Gasteiger charge is 2.28. The van der Waals surface area contributed by atoms with Gasteiger partial charge in [0.2, 0.25) is 5.88 Å². The van der Waals surface area contributed by atoms with Crippen molar-refractivity contribution in [3.8, 4) is 5.88 Å². The molecule has 1 heterocycles. The predicted octanol–water partition coefficient (Wildman–Crippen LogP) is 4.01. The molecular formula is C14H19F3N2O. The Balaban J connectivity index is 1.82. The quantitative estimate of drug-likeness (QED) is 0.909. The third-order valence-electron chi connectivity index (χ3n) is 3.51. The lowest BCUT2D eigenvalue weighted by molar-refractivity contribution is -0.154. The molecule has 2 rings (SSSR count). The lowest BCUT2D eigenvalue weighted by atomic mass is 9.87. The minimum atomic E-state index is -4.34. The molecule has 0 spiro atoms. The number of pyridine rings is 1. The molecule has 1 aromatic rings. The minimum Gasteiger partial charge on any atom is -0.468 e. The van der Waals surface area contributed by atoms with E-state index in [4.69, 9.17) is 0 Å². The van der Waals surface area contributed by atoms with Gasteiger partial charge in [0.25, 0.3) is 0 Å². The molecule has 0 aromatic carbocycles. The fourth-order valence-corrected chi connectivity index (χ4v) is 2.35. The van der Waals surface area contributed by atoms with E-state index in [0.717, 1.165) is 24.4 Å². The van der Waals surface area contributed by atoms with E-state index >= 15 is 0 Å². The van der Waals surface area contributed by atoms with Crippen LogP contribution in [0.3, 0.4) is 0 Å². The van der Waals surface area contributed by atoms with E-state index in [1.165, 1.54) is 25.1 Å². The second-order valence-electron chi connectivity index (χ2n) is 5.39. The molecule has 112 valence electrons. The van der Waals surface area contributed by atoms with E-state index in [1.54, 1.807) is 6.07 Å². The van der Waals surface area contributed by atoms with Gasteiger partial charge in [-0.05, 0) is 37.7 Å². The third kappa shape index (κ3) is 4.90. The van der Waals surface area contributed by atoms with Crippen LogP contribution in [0.2, 0.25) is 0 Å². The molecule has 0 saturated heterocycles. The molecule has 0 amide bonds. The first kappa shape index (κ1) is 14.9. The van der Waals surface area contributed by atoms with Crippen LogP contribution in [0.15, 0.2) is 18.3 Å². The van der Waals surface area contributed by atoms with Crippen molar-refractivity contribution >= 4 is 5.69 Å². The van der Waals surface area contributed by atoms with E-state index in [9.17, 15) is 13.2 Å². The number of nitrogens with one attached hydrogen (secondary N) is 1. The van der Waals surface area contributed by atoms with Crippen molar-refractivity contribution < 1.29 is 17.9 Å². The molecule has 1 aliphatic rings. The van der Waals surface area contributed by atoms with Crippen molar-refractivity contribution in [2.24, 2.45) is 5.92 Å². The summed E-state index contributed by atoms with van der Waals surface area (Å²) in [6.45, 7) is 0.942. The maximum absolute atomic E-state index is 12.0. The van der Waals surface area contributed by atoms with Gasteiger partial charge >= 0.3 is 6.18 Å². The van der Waals surface area contributed by atoms with Crippen molar-refractivity contribution in [3.05, 3.63) is 18.3 Å². The van der Waals surface area contributed by atoms with Crippen molar-refractivity contribution in [1.29, 1.82) is 0 Å². The van der Waals surface area contributed by atoms with Crippen LogP contribution >= 0.6 is 0 Å². The minimum absolute atomic E-state index is 0.00913. The van der Waals surface area contributed by atoms with E-state index in [-0.39, 0.29) is 5.88 Å². The van der Waals surface area contributed by atoms with Crippen LogP contribution in [0.1, 0.15) is 32.6 Å². The Labute approximate surface area is 116 Å². The summed E-state index contributed by atoms with van der Waals surface area (Å²) in [6, 6.07) is 3.59. The Hall–Kier alpha value is -1.46. The van der Waals surface area contributed by atoms with Gasteiger partial charge in [-0.2, -0.15) is 13.2 Å². The zero-order chi connectivity index (χ0) is 14.6. The van der Waals surface area contributed by atoms with Crippen molar-refractivity contribution in [1.82, 2.24) is 4.98 Å². The van der Waals surface area contributed by atoms with Crippen LogP contribution in [0.5, 0.6) is 5.88 Å². The van der Waals surface area contributed by atoms with Crippen molar-refractivity contribution in [2.45, 2.75) is 44.8 Å². The van der Waals surface area contributed by atoms with Gasteiger partial charge in [-0.3, -0.25) is 0 Å². The van der Waals surface area contributed by atoms with Crippen LogP contribution in [-0.4, -0.2) is 23.8 Å². The van der Waals surface area contributed by atoms with E-state index < -0.39 is 12.8 Å². The molecule has 0 unspecified atom stereocenters. The molecule has 6 heteroatoms. The predicted molar refractivity (Wildman–Crippen MR) is 70.8 cm³/mol. The number of nitrogens with zero attached hydrogens (tertiary/aromatic N) is 1. The van der Waals surface area contributed by atoms with Crippen LogP contribution in [-0.2, 0) is 0 Å². The summed E-state index contributed by atoms with van der Waals surface area (Å²) < 4.78 is 40.6. The Morgan fingerprint density at radius 3 is 2.50 bits per heavy atom. The van der Waals surface area contributed by atoms with Crippen molar-refractivity contribution in [2.75, 3.05) is 11.9 Å². The maximum atomic E-state index is 12.0. The van der Waals surface area contributed by atoms with Gasteiger partial charge < -0.3 is 10.1 Å². The smallest absolute Gasteiger partial charge is 0.422 e. The van der Waals surface area contributed by atoms with Gasteiger partial charge in [-0.25, -0.2) is 4.98 Å². The van der Waals surface area contributed by atoms with E-state index in [2.05, 4.69) is 22.0 Å². The number of alkyl halides is 3. The number of hydrogen-bond donors (Lipinski definition) is 1. The lowest BCUT2D eigenvalue weighted by Gasteiger charge is -2.27. The molecule has 1 aromatic heterocycles. The summed E-state index contributed by atoms with van der Waals surface area (Å²) in [5, 5.41) is 3.36. The number of anilines is 1. The molecule has 1 N–H and O–H groups in total. The normalized spacial score (nSPS) is 23.4.